The van der Waals surface area contributed by atoms with E-state index in [-0.39, 0.29) is 18.4 Å². The molecule has 0 saturated heterocycles. The zero-order valence-electron chi connectivity index (χ0n) is 10.9. The maximum absolute atomic E-state index is 11.8. The molecule has 0 bridgehead atoms. The summed E-state index contributed by atoms with van der Waals surface area (Å²) in [6.45, 7) is 6.33. The van der Waals surface area contributed by atoms with Gasteiger partial charge < -0.3 is 16.2 Å². The summed E-state index contributed by atoms with van der Waals surface area (Å²) in [6.07, 6.45) is 1.24. The molecule has 0 aromatic heterocycles. The molecule has 5 nitrogen and oxygen atoms in total. The number of carbonyl (C=O) groups excluding carboxylic acids is 1. The van der Waals surface area contributed by atoms with Gasteiger partial charge >= 0.3 is 5.97 Å². The van der Waals surface area contributed by atoms with Crippen LogP contribution in [0.25, 0.3) is 0 Å². The van der Waals surface area contributed by atoms with Crippen molar-refractivity contribution >= 4 is 11.9 Å². The summed E-state index contributed by atoms with van der Waals surface area (Å²) in [6, 6.07) is 0. The quantitative estimate of drug-likeness (QED) is 0.589. The molecule has 0 aliphatic heterocycles. The van der Waals surface area contributed by atoms with Crippen LogP contribution < -0.4 is 11.1 Å². The summed E-state index contributed by atoms with van der Waals surface area (Å²) in [5.74, 6) is -1.35. The number of nitrogens with one attached hydrogen (secondary N) is 1. The molecule has 0 aliphatic rings. The minimum atomic E-state index is -0.874. The molecular weight excluding hydrogens is 220 g/mol. The smallest absolute Gasteiger partial charge is 0.308 e. The van der Waals surface area contributed by atoms with Crippen molar-refractivity contribution in [2.24, 2.45) is 23.5 Å². The fourth-order valence-electron chi connectivity index (χ4n) is 1.65. The van der Waals surface area contributed by atoms with Crippen molar-refractivity contribution < 1.29 is 14.7 Å². The molecule has 4 N–H and O–H groups in total. The van der Waals surface area contributed by atoms with Crippen molar-refractivity contribution in [3.8, 4) is 0 Å². The van der Waals surface area contributed by atoms with E-state index in [9.17, 15) is 9.59 Å². The summed E-state index contributed by atoms with van der Waals surface area (Å²) >= 11 is 0. The highest BCUT2D eigenvalue weighted by molar-refractivity contribution is 5.79. The SMILES string of the molecule is CCC(CNC(=O)C(CN)CC(C)C)C(=O)O. The monoisotopic (exact) mass is 244 g/mol. The van der Waals surface area contributed by atoms with E-state index in [1.54, 1.807) is 6.92 Å². The lowest BCUT2D eigenvalue weighted by atomic mass is 9.96. The Kier molecular flexibility index (Phi) is 7.54. The standard InChI is InChI=1S/C12H24N2O3/c1-4-9(12(16)17)7-14-11(15)10(6-13)5-8(2)3/h8-10H,4-7,13H2,1-3H3,(H,14,15)(H,16,17). The predicted octanol–water partition coefficient (Wildman–Crippen LogP) is 0.834. The Morgan fingerprint density at radius 2 is 1.88 bits per heavy atom. The molecule has 2 unspecified atom stereocenters. The number of amides is 1. The number of carboxylic acid groups (broad SMARTS) is 1. The summed E-state index contributed by atoms with van der Waals surface area (Å²) in [5.41, 5.74) is 5.54. The topological polar surface area (TPSA) is 92.4 Å². The van der Waals surface area contributed by atoms with E-state index in [4.69, 9.17) is 10.8 Å². The van der Waals surface area contributed by atoms with E-state index in [2.05, 4.69) is 5.32 Å². The fourth-order valence-corrected chi connectivity index (χ4v) is 1.65. The molecule has 2 atom stereocenters. The summed E-state index contributed by atoms with van der Waals surface area (Å²) in [5, 5.41) is 11.5. The number of nitrogens with two attached hydrogens (primary N) is 1. The first-order chi connectivity index (χ1) is 7.92. The molecule has 0 aliphatic carbocycles. The Labute approximate surface area is 103 Å². The molecule has 100 valence electrons. The number of rotatable bonds is 8. The van der Waals surface area contributed by atoms with Crippen LogP contribution in [0.15, 0.2) is 0 Å². The van der Waals surface area contributed by atoms with Gasteiger partial charge in [0.05, 0.1) is 11.8 Å². The molecular formula is C12H24N2O3. The third-order valence-electron chi connectivity index (χ3n) is 2.78. The zero-order valence-corrected chi connectivity index (χ0v) is 10.9. The first-order valence-corrected chi connectivity index (χ1v) is 6.12. The van der Waals surface area contributed by atoms with Crippen LogP contribution in [0, 0.1) is 17.8 Å². The second-order valence-corrected chi connectivity index (χ2v) is 4.75. The van der Waals surface area contributed by atoms with Crippen LogP contribution in [0.1, 0.15) is 33.6 Å². The Hall–Kier alpha value is -1.10. The lowest BCUT2D eigenvalue weighted by Gasteiger charge is -2.18. The minimum Gasteiger partial charge on any atom is -0.481 e. The van der Waals surface area contributed by atoms with E-state index in [0.717, 1.165) is 6.42 Å². The number of hydrogen-bond donors (Lipinski definition) is 3. The molecule has 0 aromatic rings. The van der Waals surface area contributed by atoms with Crippen molar-refractivity contribution in [1.29, 1.82) is 0 Å². The van der Waals surface area contributed by atoms with Gasteiger partial charge in [-0.25, -0.2) is 0 Å². The van der Waals surface area contributed by atoms with Gasteiger partial charge in [0.1, 0.15) is 0 Å². The van der Waals surface area contributed by atoms with E-state index >= 15 is 0 Å². The van der Waals surface area contributed by atoms with E-state index < -0.39 is 11.9 Å². The Morgan fingerprint density at radius 3 is 2.24 bits per heavy atom. The van der Waals surface area contributed by atoms with Crippen molar-refractivity contribution in [2.45, 2.75) is 33.6 Å². The van der Waals surface area contributed by atoms with Crippen LogP contribution >= 0.6 is 0 Å². The third kappa shape index (κ3) is 6.26. The van der Waals surface area contributed by atoms with Gasteiger partial charge in [0, 0.05) is 13.1 Å². The Bertz CT molecular complexity index is 254. The van der Waals surface area contributed by atoms with Crippen LogP contribution in [0.3, 0.4) is 0 Å². The Balaban J connectivity index is 4.18. The number of aliphatic carboxylic acids is 1. The molecule has 0 aromatic carbocycles. The van der Waals surface area contributed by atoms with Gasteiger partial charge in [-0.15, -0.1) is 0 Å². The number of hydrogen-bond acceptors (Lipinski definition) is 3. The lowest BCUT2D eigenvalue weighted by Crippen LogP contribution is -2.39. The van der Waals surface area contributed by atoms with Crippen molar-refractivity contribution in [3.05, 3.63) is 0 Å². The van der Waals surface area contributed by atoms with Crippen LogP contribution in [0.5, 0.6) is 0 Å². The molecule has 0 rings (SSSR count). The first-order valence-electron chi connectivity index (χ1n) is 6.12. The van der Waals surface area contributed by atoms with Gasteiger partial charge in [0.25, 0.3) is 0 Å². The summed E-state index contributed by atoms with van der Waals surface area (Å²) in [4.78, 5) is 22.6. The van der Waals surface area contributed by atoms with E-state index in [0.29, 0.717) is 18.9 Å². The summed E-state index contributed by atoms with van der Waals surface area (Å²) in [7, 11) is 0. The maximum atomic E-state index is 11.8. The highest BCUT2D eigenvalue weighted by Gasteiger charge is 2.21. The van der Waals surface area contributed by atoms with Gasteiger partial charge in [-0.2, -0.15) is 0 Å². The van der Waals surface area contributed by atoms with Crippen molar-refractivity contribution in [1.82, 2.24) is 5.32 Å². The molecule has 0 saturated carbocycles. The zero-order chi connectivity index (χ0) is 13.4. The van der Waals surface area contributed by atoms with Crippen molar-refractivity contribution in [2.75, 3.05) is 13.1 Å². The van der Waals surface area contributed by atoms with Gasteiger partial charge in [-0.1, -0.05) is 20.8 Å². The highest BCUT2D eigenvalue weighted by atomic mass is 16.4. The van der Waals surface area contributed by atoms with Gasteiger partial charge in [0.2, 0.25) is 5.91 Å². The molecule has 1 amide bonds. The first kappa shape index (κ1) is 15.9. The number of carbonyl (C=O) groups is 2. The average molecular weight is 244 g/mol. The van der Waals surface area contributed by atoms with Crippen LogP contribution in [-0.2, 0) is 9.59 Å². The molecule has 17 heavy (non-hydrogen) atoms. The third-order valence-corrected chi connectivity index (χ3v) is 2.78. The Morgan fingerprint density at radius 1 is 1.29 bits per heavy atom. The van der Waals surface area contributed by atoms with Crippen LogP contribution in [-0.4, -0.2) is 30.1 Å². The maximum Gasteiger partial charge on any atom is 0.308 e. The minimum absolute atomic E-state index is 0.138. The molecule has 5 heteroatoms. The number of carboxylic acids is 1. The van der Waals surface area contributed by atoms with Crippen molar-refractivity contribution in [3.63, 3.8) is 0 Å². The van der Waals surface area contributed by atoms with E-state index in [1.807, 2.05) is 13.8 Å². The molecule has 0 radical (unpaired) electrons. The molecule has 0 fully saturated rings. The normalized spacial score (nSPS) is 14.4. The predicted molar refractivity (Wildman–Crippen MR) is 66.4 cm³/mol. The van der Waals surface area contributed by atoms with Crippen LogP contribution in [0.2, 0.25) is 0 Å². The lowest BCUT2D eigenvalue weighted by molar-refractivity contribution is -0.141. The largest absolute Gasteiger partial charge is 0.481 e. The second-order valence-electron chi connectivity index (χ2n) is 4.75. The molecule has 0 heterocycles. The molecule has 0 spiro atoms. The van der Waals surface area contributed by atoms with Crippen LogP contribution in [0.4, 0.5) is 0 Å². The highest BCUT2D eigenvalue weighted by Crippen LogP contribution is 2.11. The summed E-state index contributed by atoms with van der Waals surface area (Å²) < 4.78 is 0. The van der Waals surface area contributed by atoms with Gasteiger partial charge in [0.15, 0.2) is 0 Å². The second kappa shape index (κ2) is 8.06. The van der Waals surface area contributed by atoms with Gasteiger partial charge in [-0.3, -0.25) is 9.59 Å². The van der Waals surface area contributed by atoms with E-state index in [1.165, 1.54) is 0 Å². The average Bonchev–Trinajstić information content (AvgIpc) is 2.25. The fraction of sp³-hybridized carbons (Fsp3) is 0.833. The van der Waals surface area contributed by atoms with Gasteiger partial charge in [-0.05, 0) is 18.8 Å².